The summed E-state index contributed by atoms with van der Waals surface area (Å²) in [6.07, 6.45) is 3.66. The Hall–Kier alpha value is -1.89. The van der Waals surface area contributed by atoms with Crippen LogP contribution >= 0.6 is 24.0 Å². The highest BCUT2D eigenvalue weighted by molar-refractivity contribution is 6.30. The molecule has 0 saturated heterocycles. The van der Waals surface area contributed by atoms with Crippen molar-refractivity contribution in [1.82, 2.24) is 20.4 Å². The molecular weight excluding hydrogens is 363 g/mol. The first-order valence-electron chi connectivity index (χ1n) is 7.83. The van der Waals surface area contributed by atoms with Crippen LogP contribution in [0.15, 0.2) is 39.4 Å². The van der Waals surface area contributed by atoms with Gasteiger partial charge in [0.2, 0.25) is 5.89 Å². The number of rotatable bonds is 7. The summed E-state index contributed by atoms with van der Waals surface area (Å²) in [5, 5.41) is 7.83. The summed E-state index contributed by atoms with van der Waals surface area (Å²) >= 11 is 5.89. The van der Waals surface area contributed by atoms with Crippen molar-refractivity contribution in [3.05, 3.63) is 53.1 Å². The number of aryl methyl sites for hydroxylation is 2. The molecule has 2 aromatic heterocycles. The van der Waals surface area contributed by atoms with Crippen LogP contribution in [0.5, 0.6) is 0 Å². The lowest BCUT2D eigenvalue weighted by atomic mass is 10.2. The molecule has 134 valence electrons. The minimum Gasteiger partial charge on any atom is -0.441 e. The topological polar surface area (TPSA) is 77.0 Å². The zero-order valence-corrected chi connectivity index (χ0v) is 15.6. The minimum atomic E-state index is 0. The van der Waals surface area contributed by atoms with Crippen molar-refractivity contribution in [3.8, 4) is 11.3 Å². The average molecular weight is 383 g/mol. The number of benzene rings is 1. The first-order chi connectivity index (χ1) is 11.6. The van der Waals surface area contributed by atoms with Gasteiger partial charge in [0.25, 0.3) is 0 Å². The second kappa shape index (κ2) is 8.99. The third-order valence-electron chi connectivity index (χ3n) is 3.73. The fourth-order valence-electron chi connectivity index (χ4n) is 2.24. The summed E-state index contributed by atoms with van der Waals surface area (Å²) in [7, 11) is 1.91. The molecule has 0 bridgehead atoms. The standard InChI is InChI=1S/C17H19ClN4O2.ClH/c1-11(19-2)9-15-21-17(24-22-15)8-7-16-20-10-14(23-16)12-3-5-13(18)6-4-12;/h3-6,10-11,19H,7-9H2,1-2H3;1H. The summed E-state index contributed by atoms with van der Waals surface area (Å²) in [5.74, 6) is 2.67. The number of halogens is 2. The van der Waals surface area contributed by atoms with E-state index in [1.807, 2.05) is 31.3 Å². The number of hydrogen-bond donors (Lipinski definition) is 1. The second-order valence-electron chi connectivity index (χ2n) is 5.62. The van der Waals surface area contributed by atoms with Crippen molar-refractivity contribution in [2.45, 2.75) is 32.2 Å². The number of aromatic nitrogens is 3. The first-order valence-corrected chi connectivity index (χ1v) is 8.21. The maximum absolute atomic E-state index is 5.89. The van der Waals surface area contributed by atoms with Gasteiger partial charge < -0.3 is 14.3 Å². The molecule has 2 heterocycles. The van der Waals surface area contributed by atoms with Crippen molar-refractivity contribution >= 4 is 24.0 Å². The van der Waals surface area contributed by atoms with Gasteiger partial charge in [0.1, 0.15) is 0 Å². The maximum atomic E-state index is 5.89. The van der Waals surface area contributed by atoms with Crippen LogP contribution < -0.4 is 5.32 Å². The Labute approximate surface area is 157 Å². The predicted molar refractivity (Wildman–Crippen MR) is 98.1 cm³/mol. The van der Waals surface area contributed by atoms with E-state index in [0.717, 1.165) is 17.7 Å². The molecule has 0 spiro atoms. The molecule has 1 unspecified atom stereocenters. The smallest absolute Gasteiger partial charge is 0.227 e. The fourth-order valence-corrected chi connectivity index (χ4v) is 2.36. The molecule has 3 aromatic rings. The summed E-state index contributed by atoms with van der Waals surface area (Å²) in [6.45, 7) is 2.07. The van der Waals surface area contributed by atoms with Crippen molar-refractivity contribution in [2.75, 3.05) is 7.05 Å². The average Bonchev–Trinajstić information content (AvgIpc) is 3.23. The van der Waals surface area contributed by atoms with Gasteiger partial charge in [-0.2, -0.15) is 4.98 Å². The van der Waals surface area contributed by atoms with Crippen LogP contribution in [0.2, 0.25) is 5.02 Å². The Morgan fingerprint density at radius 1 is 1.16 bits per heavy atom. The molecule has 1 N–H and O–H groups in total. The largest absolute Gasteiger partial charge is 0.441 e. The van der Waals surface area contributed by atoms with Gasteiger partial charge in [-0.05, 0) is 38.2 Å². The summed E-state index contributed by atoms with van der Waals surface area (Å²) < 4.78 is 11.0. The van der Waals surface area contributed by atoms with E-state index in [1.165, 1.54) is 0 Å². The van der Waals surface area contributed by atoms with Gasteiger partial charge in [-0.25, -0.2) is 4.98 Å². The lowest BCUT2D eigenvalue weighted by Crippen LogP contribution is -2.24. The lowest BCUT2D eigenvalue weighted by molar-refractivity contribution is 0.366. The van der Waals surface area contributed by atoms with E-state index >= 15 is 0 Å². The Balaban J connectivity index is 0.00000225. The number of likely N-dealkylation sites (N-methyl/N-ethyl adjacent to an activating group) is 1. The van der Waals surface area contributed by atoms with Crippen LogP contribution in [0, 0.1) is 0 Å². The quantitative estimate of drug-likeness (QED) is 0.670. The van der Waals surface area contributed by atoms with E-state index in [0.29, 0.717) is 41.5 Å². The minimum absolute atomic E-state index is 0. The van der Waals surface area contributed by atoms with Crippen LogP contribution in [0.25, 0.3) is 11.3 Å². The van der Waals surface area contributed by atoms with Gasteiger partial charge in [0.05, 0.1) is 6.20 Å². The first kappa shape index (κ1) is 19.4. The van der Waals surface area contributed by atoms with Gasteiger partial charge in [-0.15, -0.1) is 12.4 Å². The monoisotopic (exact) mass is 382 g/mol. The molecule has 8 heteroatoms. The van der Waals surface area contributed by atoms with Crippen LogP contribution in [0.4, 0.5) is 0 Å². The highest BCUT2D eigenvalue weighted by atomic mass is 35.5. The Morgan fingerprint density at radius 2 is 1.88 bits per heavy atom. The fraction of sp³-hybridized carbons (Fsp3) is 0.353. The molecule has 0 aliphatic rings. The Morgan fingerprint density at radius 3 is 2.60 bits per heavy atom. The zero-order chi connectivity index (χ0) is 16.9. The summed E-state index contributed by atoms with van der Waals surface area (Å²) in [4.78, 5) is 8.69. The molecule has 0 aliphatic carbocycles. The maximum Gasteiger partial charge on any atom is 0.227 e. The number of nitrogens with zero attached hydrogens (tertiary/aromatic N) is 3. The summed E-state index contributed by atoms with van der Waals surface area (Å²) in [5.41, 5.74) is 0.944. The van der Waals surface area contributed by atoms with E-state index in [1.54, 1.807) is 6.20 Å². The third kappa shape index (κ3) is 5.29. The van der Waals surface area contributed by atoms with E-state index < -0.39 is 0 Å². The second-order valence-corrected chi connectivity index (χ2v) is 6.06. The molecule has 0 aliphatic heterocycles. The van der Waals surface area contributed by atoms with Crippen molar-refractivity contribution in [1.29, 1.82) is 0 Å². The van der Waals surface area contributed by atoms with Gasteiger partial charge in [0.15, 0.2) is 17.5 Å². The third-order valence-corrected chi connectivity index (χ3v) is 3.98. The molecule has 1 atom stereocenters. The van der Waals surface area contributed by atoms with E-state index in [4.69, 9.17) is 20.5 Å². The van der Waals surface area contributed by atoms with Gasteiger partial charge in [-0.3, -0.25) is 0 Å². The lowest BCUT2D eigenvalue weighted by Gasteiger charge is -2.04. The van der Waals surface area contributed by atoms with Crippen LogP contribution in [0.3, 0.4) is 0 Å². The van der Waals surface area contributed by atoms with E-state index in [9.17, 15) is 0 Å². The SMILES string of the molecule is CNC(C)Cc1noc(CCc2ncc(-c3ccc(Cl)cc3)o2)n1.Cl. The van der Waals surface area contributed by atoms with Gasteiger partial charge in [0, 0.05) is 35.9 Å². The Bertz CT molecular complexity index is 786. The molecule has 6 nitrogen and oxygen atoms in total. The molecule has 25 heavy (non-hydrogen) atoms. The van der Waals surface area contributed by atoms with Crippen molar-refractivity contribution in [3.63, 3.8) is 0 Å². The van der Waals surface area contributed by atoms with Crippen LogP contribution in [0.1, 0.15) is 24.5 Å². The summed E-state index contributed by atoms with van der Waals surface area (Å²) in [6, 6.07) is 7.76. The van der Waals surface area contributed by atoms with Crippen molar-refractivity contribution < 1.29 is 8.94 Å². The highest BCUT2D eigenvalue weighted by Gasteiger charge is 2.12. The molecule has 0 saturated carbocycles. The normalized spacial score (nSPS) is 12.0. The number of nitrogens with one attached hydrogen (secondary N) is 1. The molecular formula is C17H20Cl2N4O2. The number of hydrogen-bond acceptors (Lipinski definition) is 6. The van der Waals surface area contributed by atoms with E-state index in [2.05, 4.69) is 27.4 Å². The number of oxazole rings is 1. The molecule has 0 radical (unpaired) electrons. The highest BCUT2D eigenvalue weighted by Crippen LogP contribution is 2.22. The van der Waals surface area contributed by atoms with Crippen LogP contribution in [-0.4, -0.2) is 28.2 Å². The molecule has 0 fully saturated rings. The molecule has 0 amide bonds. The predicted octanol–water partition coefficient (Wildman–Crippen LogP) is 3.74. The van der Waals surface area contributed by atoms with Crippen LogP contribution in [-0.2, 0) is 19.3 Å². The Kier molecular flexibility index (Phi) is 6.99. The van der Waals surface area contributed by atoms with E-state index in [-0.39, 0.29) is 12.4 Å². The van der Waals surface area contributed by atoms with Gasteiger partial charge >= 0.3 is 0 Å². The molecule has 1 aromatic carbocycles. The van der Waals surface area contributed by atoms with Crippen molar-refractivity contribution in [2.24, 2.45) is 0 Å². The zero-order valence-electron chi connectivity index (χ0n) is 14.0. The molecule has 3 rings (SSSR count). The van der Waals surface area contributed by atoms with Gasteiger partial charge in [-0.1, -0.05) is 16.8 Å².